The van der Waals surface area contributed by atoms with Gasteiger partial charge in [-0.3, -0.25) is 4.79 Å². The topological polar surface area (TPSA) is 54.9 Å². The van der Waals surface area contributed by atoms with Gasteiger partial charge in [0.2, 0.25) is 5.91 Å². The number of nitrogens with zero attached hydrogens (tertiary/aromatic N) is 2. The minimum atomic E-state index is -0.264. The summed E-state index contributed by atoms with van der Waals surface area (Å²) in [7, 11) is 0. The third-order valence-electron chi connectivity index (χ3n) is 3.50. The summed E-state index contributed by atoms with van der Waals surface area (Å²) < 4.78 is 13.2. The fourth-order valence-electron chi connectivity index (χ4n) is 2.31. The van der Waals surface area contributed by atoms with E-state index >= 15 is 0 Å². The Morgan fingerprint density at radius 3 is 2.88 bits per heavy atom. The molecule has 0 aliphatic heterocycles. The van der Waals surface area contributed by atoms with E-state index in [2.05, 4.69) is 21.9 Å². The van der Waals surface area contributed by atoms with Crippen LogP contribution in [0.25, 0.3) is 21.3 Å². The average molecular weight is 373 g/mol. The molecular formula is C18H16FN3OS2. The number of amides is 1. The summed E-state index contributed by atoms with van der Waals surface area (Å²) in [5, 5.41) is 6.55. The van der Waals surface area contributed by atoms with Crippen LogP contribution in [-0.4, -0.2) is 28.2 Å². The number of thiophene rings is 1. The van der Waals surface area contributed by atoms with Gasteiger partial charge in [-0.15, -0.1) is 29.7 Å². The second-order valence-electron chi connectivity index (χ2n) is 5.21. The van der Waals surface area contributed by atoms with Gasteiger partial charge in [0, 0.05) is 29.7 Å². The van der Waals surface area contributed by atoms with Crippen LogP contribution in [0.3, 0.4) is 0 Å². The standard InChI is InChI=1S/C18H16FN3OS2/c1-2-8-20-15(23)7-9-24-17-16-14(10-25-18(16)22-11-21-17)12-3-5-13(19)6-4-12/h2-6,10-11H,1,7-9H2,(H,20,23). The Morgan fingerprint density at radius 1 is 1.32 bits per heavy atom. The highest BCUT2D eigenvalue weighted by molar-refractivity contribution is 7.99. The maximum absolute atomic E-state index is 13.2. The first-order valence-corrected chi connectivity index (χ1v) is 9.54. The molecule has 0 aliphatic carbocycles. The zero-order valence-electron chi connectivity index (χ0n) is 13.4. The Hall–Kier alpha value is -2.25. The van der Waals surface area contributed by atoms with E-state index in [9.17, 15) is 9.18 Å². The number of hydrogen-bond donors (Lipinski definition) is 1. The van der Waals surface area contributed by atoms with Gasteiger partial charge in [-0.05, 0) is 17.7 Å². The van der Waals surface area contributed by atoms with Gasteiger partial charge >= 0.3 is 0 Å². The molecular weight excluding hydrogens is 357 g/mol. The Morgan fingerprint density at radius 2 is 2.12 bits per heavy atom. The monoisotopic (exact) mass is 373 g/mol. The second-order valence-corrected chi connectivity index (χ2v) is 7.15. The maximum Gasteiger partial charge on any atom is 0.221 e. The molecule has 1 amide bonds. The second kappa shape index (κ2) is 8.22. The first kappa shape index (κ1) is 17.6. The van der Waals surface area contributed by atoms with Gasteiger partial charge in [-0.25, -0.2) is 14.4 Å². The number of halogens is 1. The summed E-state index contributed by atoms with van der Waals surface area (Å²) in [4.78, 5) is 21.3. The predicted molar refractivity (Wildman–Crippen MR) is 101 cm³/mol. The van der Waals surface area contributed by atoms with Crippen LogP contribution < -0.4 is 5.32 Å². The van der Waals surface area contributed by atoms with Crippen LogP contribution in [0.1, 0.15) is 6.42 Å². The fourth-order valence-corrected chi connectivity index (χ4v) is 4.25. The van der Waals surface area contributed by atoms with Gasteiger partial charge in [0.1, 0.15) is 22.0 Å². The number of carbonyl (C=O) groups is 1. The number of hydrogen-bond acceptors (Lipinski definition) is 5. The summed E-state index contributed by atoms with van der Waals surface area (Å²) in [6.07, 6.45) is 3.59. The van der Waals surface area contributed by atoms with Crippen molar-refractivity contribution in [1.82, 2.24) is 15.3 Å². The van der Waals surface area contributed by atoms with Crippen LogP contribution in [0.15, 0.2) is 53.7 Å². The molecule has 0 atom stereocenters. The third kappa shape index (κ3) is 4.24. The van der Waals surface area contributed by atoms with Crippen molar-refractivity contribution >= 4 is 39.2 Å². The molecule has 3 rings (SSSR count). The molecule has 0 bridgehead atoms. The summed E-state index contributed by atoms with van der Waals surface area (Å²) in [6, 6.07) is 6.39. The largest absolute Gasteiger partial charge is 0.353 e. The molecule has 1 N–H and O–H groups in total. The van der Waals surface area contributed by atoms with Crippen molar-refractivity contribution in [1.29, 1.82) is 0 Å². The molecule has 0 saturated carbocycles. The summed E-state index contributed by atoms with van der Waals surface area (Å²) in [5.41, 5.74) is 1.91. The molecule has 3 aromatic rings. The number of carbonyl (C=O) groups excluding carboxylic acids is 1. The number of rotatable bonds is 7. The molecule has 0 saturated heterocycles. The number of thioether (sulfide) groups is 1. The van der Waals surface area contributed by atoms with Crippen LogP contribution in [0.2, 0.25) is 0 Å². The molecule has 0 fully saturated rings. The van der Waals surface area contributed by atoms with Crippen LogP contribution in [0, 0.1) is 5.82 Å². The lowest BCUT2D eigenvalue weighted by Gasteiger charge is -2.06. The lowest BCUT2D eigenvalue weighted by Crippen LogP contribution is -2.23. The number of aromatic nitrogens is 2. The molecule has 0 spiro atoms. The molecule has 1 aromatic carbocycles. The van der Waals surface area contributed by atoms with E-state index in [0.717, 1.165) is 26.4 Å². The summed E-state index contributed by atoms with van der Waals surface area (Å²) in [5.74, 6) is 0.342. The van der Waals surface area contributed by atoms with Crippen molar-refractivity contribution < 1.29 is 9.18 Å². The lowest BCUT2D eigenvalue weighted by molar-refractivity contribution is -0.120. The lowest BCUT2D eigenvalue weighted by atomic mass is 10.1. The average Bonchev–Trinajstić information content (AvgIpc) is 3.05. The fraction of sp³-hybridized carbons (Fsp3) is 0.167. The molecule has 0 radical (unpaired) electrons. The maximum atomic E-state index is 13.2. The van der Waals surface area contributed by atoms with E-state index < -0.39 is 0 Å². The van der Waals surface area contributed by atoms with Gasteiger partial charge in [0.15, 0.2) is 0 Å². The number of fused-ring (bicyclic) bond motifs is 1. The van der Waals surface area contributed by atoms with Gasteiger partial charge < -0.3 is 5.32 Å². The molecule has 7 heteroatoms. The van der Waals surface area contributed by atoms with E-state index in [1.807, 2.05) is 5.38 Å². The number of nitrogens with one attached hydrogen (secondary N) is 1. The first-order valence-electron chi connectivity index (χ1n) is 7.67. The van der Waals surface area contributed by atoms with E-state index in [1.165, 1.54) is 41.6 Å². The Balaban J connectivity index is 1.81. The highest BCUT2D eigenvalue weighted by Gasteiger charge is 2.14. The van der Waals surface area contributed by atoms with E-state index in [4.69, 9.17) is 0 Å². The van der Waals surface area contributed by atoms with Gasteiger partial charge in [0.25, 0.3) is 0 Å². The van der Waals surface area contributed by atoms with E-state index in [-0.39, 0.29) is 11.7 Å². The Bertz CT molecular complexity index is 893. The highest BCUT2D eigenvalue weighted by Crippen LogP contribution is 2.37. The molecule has 128 valence electrons. The van der Waals surface area contributed by atoms with Crippen molar-refractivity contribution in [3.8, 4) is 11.1 Å². The molecule has 4 nitrogen and oxygen atoms in total. The van der Waals surface area contributed by atoms with E-state index in [1.54, 1.807) is 18.2 Å². The molecule has 0 aliphatic rings. The van der Waals surface area contributed by atoms with Gasteiger partial charge in [-0.2, -0.15) is 0 Å². The molecule has 2 heterocycles. The van der Waals surface area contributed by atoms with Crippen molar-refractivity contribution in [2.75, 3.05) is 12.3 Å². The Labute approximate surface area is 153 Å². The van der Waals surface area contributed by atoms with E-state index in [0.29, 0.717) is 18.7 Å². The third-order valence-corrected chi connectivity index (χ3v) is 5.38. The van der Waals surface area contributed by atoms with Gasteiger partial charge in [0.05, 0.1) is 5.39 Å². The molecule has 0 unspecified atom stereocenters. The zero-order valence-corrected chi connectivity index (χ0v) is 15.0. The molecule has 25 heavy (non-hydrogen) atoms. The van der Waals surface area contributed by atoms with Crippen LogP contribution in [0.4, 0.5) is 4.39 Å². The van der Waals surface area contributed by atoms with Crippen LogP contribution in [-0.2, 0) is 4.79 Å². The summed E-state index contributed by atoms with van der Waals surface area (Å²) >= 11 is 3.05. The van der Waals surface area contributed by atoms with Crippen molar-refractivity contribution in [2.24, 2.45) is 0 Å². The predicted octanol–water partition coefficient (Wildman–Crippen LogP) is 4.28. The normalized spacial score (nSPS) is 10.8. The summed E-state index contributed by atoms with van der Waals surface area (Å²) in [6.45, 7) is 4.05. The van der Waals surface area contributed by atoms with Crippen molar-refractivity contribution in [3.63, 3.8) is 0 Å². The quantitative estimate of drug-likeness (QED) is 0.381. The van der Waals surface area contributed by atoms with Crippen LogP contribution >= 0.6 is 23.1 Å². The number of benzene rings is 1. The van der Waals surface area contributed by atoms with Crippen molar-refractivity contribution in [3.05, 3.63) is 54.4 Å². The van der Waals surface area contributed by atoms with Gasteiger partial charge in [-0.1, -0.05) is 18.2 Å². The van der Waals surface area contributed by atoms with Crippen LogP contribution in [0.5, 0.6) is 0 Å². The minimum Gasteiger partial charge on any atom is -0.353 e. The van der Waals surface area contributed by atoms with Crippen molar-refractivity contribution in [2.45, 2.75) is 11.4 Å². The first-order chi connectivity index (χ1) is 12.2. The Kier molecular flexibility index (Phi) is 5.78. The minimum absolute atomic E-state index is 0.0122. The molecule has 2 aromatic heterocycles. The SMILES string of the molecule is C=CCNC(=O)CCSc1ncnc2scc(-c3ccc(F)cc3)c12. The smallest absolute Gasteiger partial charge is 0.221 e. The highest BCUT2D eigenvalue weighted by atomic mass is 32.2. The zero-order chi connectivity index (χ0) is 17.6.